The van der Waals surface area contributed by atoms with E-state index in [0.29, 0.717) is 0 Å². The van der Waals surface area contributed by atoms with Gasteiger partial charge >= 0.3 is 0 Å². The molecule has 2 N–H and O–H groups in total. The zero-order valence-electron chi connectivity index (χ0n) is 7.78. The van der Waals surface area contributed by atoms with E-state index in [9.17, 15) is 5.11 Å². The summed E-state index contributed by atoms with van der Waals surface area (Å²) in [6.07, 6.45) is 0.732. The summed E-state index contributed by atoms with van der Waals surface area (Å²) in [5.41, 5.74) is 0.123. The van der Waals surface area contributed by atoms with Crippen LogP contribution >= 0.6 is 0 Å². The van der Waals surface area contributed by atoms with E-state index in [4.69, 9.17) is 0 Å². The minimum absolute atomic E-state index is 0.706. The lowest BCUT2D eigenvalue weighted by Crippen LogP contribution is -2.30. The van der Waals surface area contributed by atoms with Gasteiger partial charge in [0.1, 0.15) is 0 Å². The molecule has 0 saturated heterocycles. The fourth-order valence-electron chi connectivity index (χ4n) is 0.722. The molecule has 0 radical (unpaired) electrons. The van der Waals surface area contributed by atoms with Crippen molar-refractivity contribution < 1.29 is 5.11 Å². The first kappa shape index (κ1) is 10.7. The van der Waals surface area contributed by atoms with Crippen LogP contribution in [0.5, 0.6) is 0 Å². The molecule has 0 aromatic carbocycles. The number of rotatable bonds is 5. The topological polar surface area (TPSA) is 32.3 Å². The SMILES string of the molecule is C=C(C)C(C)(O)CCNCC. The molecule has 0 heterocycles. The molecule has 2 nitrogen and oxygen atoms in total. The van der Waals surface area contributed by atoms with Gasteiger partial charge in [-0.1, -0.05) is 13.5 Å². The third-order valence-corrected chi connectivity index (χ3v) is 1.96. The van der Waals surface area contributed by atoms with Crippen molar-refractivity contribution in [2.45, 2.75) is 32.8 Å². The van der Waals surface area contributed by atoms with Crippen LogP contribution in [0.4, 0.5) is 0 Å². The van der Waals surface area contributed by atoms with Crippen LogP contribution in [0.15, 0.2) is 12.2 Å². The van der Waals surface area contributed by atoms with Crippen molar-refractivity contribution in [1.82, 2.24) is 5.32 Å². The summed E-state index contributed by atoms with van der Waals surface area (Å²) in [4.78, 5) is 0. The molecule has 0 fully saturated rings. The Labute approximate surface area is 69.3 Å². The first-order chi connectivity index (χ1) is 5.00. The van der Waals surface area contributed by atoms with Crippen LogP contribution in [0.2, 0.25) is 0 Å². The Balaban J connectivity index is 3.64. The van der Waals surface area contributed by atoms with E-state index in [1.54, 1.807) is 6.92 Å². The maximum atomic E-state index is 9.68. The molecule has 0 aliphatic carbocycles. The van der Waals surface area contributed by atoms with Gasteiger partial charge in [0.25, 0.3) is 0 Å². The van der Waals surface area contributed by atoms with Gasteiger partial charge in [0.15, 0.2) is 0 Å². The summed E-state index contributed by atoms with van der Waals surface area (Å²) in [6, 6.07) is 0. The second kappa shape index (κ2) is 4.52. The number of aliphatic hydroxyl groups is 1. The fraction of sp³-hybridized carbons (Fsp3) is 0.778. The second-order valence-corrected chi connectivity index (χ2v) is 3.16. The molecule has 11 heavy (non-hydrogen) atoms. The maximum absolute atomic E-state index is 9.68. The minimum Gasteiger partial charge on any atom is -0.386 e. The minimum atomic E-state index is -0.706. The van der Waals surface area contributed by atoms with E-state index in [-0.39, 0.29) is 0 Å². The van der Waals surface area contributed by atoms with Crippen molar-refractivity contribution in [2.75, 3.05) is 13.1 Å². The van der Waals surface area contributed by atoms with E-state index >= 15 is 0 Å². The van der Waals surface area contributed by atoms with Crippen LogP contribution in [0, 0.1) is 0 Å². The Morgan fingerprint density at radius 1 is 1.64 bits per heavy atom. The summed E-state index contributed by atoms with van der Waals surface area (Å²) in [5.74, 6) is 0. The molecule has 0 aliphatic heterocycles. The molecule has 0 rings (SSSR count). The molecule has 0 aromatic rings. The van der Waals surface area contributed by atoms with Gasteiger partial charge in [0, 0.05) is 0 Å². The lowest BCUT2D eigenvalue weighted by atomic mass is 9.95. The highest BCUT2D eigenvalue weighted by Gasteiger charge is 2.19. The lowest BCUT2D eigenvalue weighted by Gasteiger charge is -2.23. The van der Waals surface area contributed by atoms with Gasteiger partial charge in [0.2, 0.25) is 0 Å². The molecule has 0 aromatic heterocycles. The molecule has 2 heteroatoms. The average molecular weight is 157 g/mol. The summed E-state index contributed by atoms with van der Waals surface area (Å²) < 4.78 is 0. The maximum Gasteiger partial charge on any atom is 0.0835 e. The van der Waals surface area contributed by atoms with E-state index in [1.165, 1.54) is 0 Å². The van der Waals surface area contributed by atoms with Crippen LogP contribution in [0.1, 0.15) is 27.2 Å². The number of hydrogen-bond donors (Lipinski definition) is 2. The summed E-state index contributed by atoms with van der Waals surface area (Å²) in [6.45, 7) is 11.2. The first-order valence-corrected chi connectivity index (χ1v) is 4.09. The lowest BCUT2D eigenvalue weighted by molar-refractivity contribution is 0.0898. The quantitative estimate of drug-likeness (QED) is 0.466. The largest absolute Gasteiger partial charge is 0.386 e. The predicted octanol–water partition coefficient (Wildman–Crippen LogP) is 1.31. The van der Waals surface area contributed by atoms with Gasteiger partial charge in [0.05, 0.1) is 5.60 Å². The highest BCUT2D eigenvalue weighted by Crippen LogP contribution is 2.16. The van der Waals surface area contributed by atoms with Gasteiger partial charge in [-0.05, 0) is 38.9 Å². The standard InChI is InChI=1S/C9H19NO/c1-5-10-7-6-9(4,11)8(2)3/h10-11H,2,5-7H2,1,3-4H3. The van der Waals surface area contributed by atoms with E-state index < -0.39 is 5.60 Å². The molecular formula is C9H19NO. The van der Waals surface area contributed by atoms with Crippen molar-refractivity contribution >= 4 is 0 Å². The van der Waals surface area contributed by atoms with E-state index in [2.05, 4.69) is 18.8 Å². The number of nitrogens with one attached hydrogen (secondary N) is 1. The molecular weight excluding hydrogens is 138 g/mol. The molecule has 66 valence electrons. The van der Waals surface area contributed by atoms with Crippen molar-refractivity contribution in [3.8, 4) is 0 Å². The summed E-state index contributed by atoms with van der Waals surface area (Å²) in [7, 11) is 0. The van der Waals surface area contributed by atoms with Crippen LogP contribution < -0.4 is 5.32 Å². The molecule has 0 amide bonds. The van der Waals surface area contributed by atoms with E-state index in [0.717, 1.165) is 25.1 Å². The van der Waals surface area contributed by atoms with Crippen LogP contribution in [0.25, 0.3) is 0 Å². The van der Waals surface area contributed by atoms with Gasteiger partial charge < -0.3 is 10.4 Å². The average Bonchev–Trinajstić information content (AvgIpc) is 1.88. The van der Waals surface area contributed by atoms with Gasteiger partial charge in [-0.3, -0.25) is 0 Å². The second-order valence-electron chi connectivity index (χ2n) is 3.16. The normalized spacial score (nSPS) is 16.0. The zero-order chi connectivity index (χ0) is 8.91. The third-order valence-electron chi connectivity index (χ3n) is 1.96. The monoisotopic (exact) mass is 157 g/mol. The van der Waals surface area contributed by atoms with Crippen LogP contribution in [-0.4, -0.2) is 23.8 Å². The Morgan fingerprint density at radius 3 is 2.55 bits per heavy atom. The van der Waals surface area contributed by atoms with Crippen LogP contribution in [-0.2, 0) is 0 Å². The molecule has 0 spiro atoms. The molecule has 1 atom stereocenters. The van der Waals surface area contributed by atoms with Crippen molar-refractivity contribution in [1.29, 1.82) is 0 Å². The van der Waals surface area contributed by atoms with Gasteiger partial charge in [-0.2, -0.15) is 0 Å². The Morgan fingerprint density at radius 2 is 2.18 bits per heavy atom. The van der Waals surface area contributed by atoms with Gasteiger partial charge in [-0.25, -0.2) is 0 Å². The highest BCUT2D eigenvalue weighted by molar-refractivity contribution is 5.06. The van der Waals surface area contributed by atoms with Crippen molar-refractivity contribution in [2.24, 2.45) is 0 Å². The Hall–Kier alpha value is -0.340. The van der Waals surface area contributed by atoms with Gasteiger partial charge in [-0.15, -0.1) is 0 Å². The van der Waals surface area contributed by atoms with Crippen molar-refractivity contribution in [3.63, 3.8) is 0 Å². The predicted molar refractivity (Wildman–Crippen MR) is 48.6 cm³/mol. The molecule has 0 bridgehead atoms. The summed E-state index contributed by atoms with van der Waals surface area (Å²) in [5, 5.41) is 12.8. The van der Waals surface area contributed by atoms with E-state index in [1.807, 2.05) is 6.92 Å². The zero-order valence-corrected chi connectivity index (χ0v) is 7.78. The van der Waals surface area contributed by atoms with Crippen molar-refractivity contribution in [3.05, 3.63) is 12.2 Å². The highest BCUT2D eigenvalue weighted by atomic mass is 16.3. The summed E-state index contributed by atoms with van der Waals surface area (Å²) >= 11 is 0. The molecule has 0 aliphatic rings. The van der Waals surface area contributed by atoms with Crippen LogP contribution in [0.3, 0.4) is 0 Å². The Kier molecular flexibility index (Phi) is 4.38. The number of hydrogen-bond acceptors (Lipinski definition) is 2. The third kappa shape index (κ3) is 4.17. The first-order valence-electron chi connectivity index (χ1n) is 4.09. The molecule has 1 unspecified atom stereocenters. The Bertz CT molecular complexity index is 130. The molecule has 0 saturated carbocycles. The smallest absolute Gasteiger partial charge is 0.0835 e. The fourth-order valence-corrected chi connectivity index (χ4v) is 0.722.